The Hall–Kier alpha value is -1.34. The van der Waals surface area contributed by atoms with Gasteiger partial charge in [0.15, 0.2) is 0 Å². The molecule has 220 valence electrons. The first kappa shape index (κ1) is 36.7. The van der Waals surface area contributed by atoms with E-state index in [1.165, 1.54) is 32.1 Å². The van der Waals surface area contributed by atoms with Crippen molar-refractivity contribution in [2.75, 3.05) is 7.11 Å². The molecule has 0 aliphatic carbocycles. The highest BCUT2D eigenvalue weighted by atomic mass is 16.5. The van der Waals surface area contributed by atoms with Crippen molar-refractivity contribution in [1.82, 2.24) is 0 Å². The maximum Gasteiger partial charge on any atom is 0.0657 e. The summed E-state index contributed by atoms with van der Waals surface area (Å²) in [5, 5.41) is 0. The van der Waals surface area contributed by atoms with E-state index in [4.69, 9.17) is 4.74 Å². The van der Waals surface area contributed by atoms with Crippen LogP contribution in [-0.2, 0) is 4.74 Å². The first-order valence-electron chi connectivity index (χ1n) is 15.9. The van der Waals surface area contributed by atoms with Gasteiger partial charge >= 0.3 is 0 Å². The van der Waals surface area contributed by atoms with Crippen LogP contribution in [0.2, 0.25) is 0 Å². The largest absolute Gasteiger partial charge is 0.378 e. The molecule has 0 rings (SSSR count). The summed E-state index contributed by atoms with van der Waals surface area (Å²) >= 11 is 0. The molecule has 0 saturated carbocycles. The van der Waals surface area contributed by atoms with Crippen molar-refractivity contribution >= 4 is 0 Å². The van der Waals surface area contributed by atoms with E-state index in [2.05, 4.69) is 123 Å². The zero-order valence-corrected chi connectivity index (χ0v) is 27.2. The van der Waals surface area contributed by atoms with Gasteiger partial charge in [-0.25, -0.2) is 0 Å². The minimum atomic E-state index is -0.0690. The maximum absolute atomic E-state index is 5.48. The van der Waals surface area contributed by atoms with Gasteiger partial charge in [0.1, 0.15) is 0 Å². The number of rotatable bonds is 22. The third kappa shape index (κ3) is 22.6. The fourth-order valence-corrected chi connectivity index (χ4v) is 4.33. The van der Waals surface area contributed by atoms with E-state index in [1.54, 1.807) is 7.11 Å². The molecule has 0 aliphatic rings. The van der Waals surface area contributed by atoms with Crippen molar-refractivity contribution in [3.8, 4) is 0 Å². The second kappa shape index (κ2) is 22.5. The first-order valence-corrected chi connectivity index (χ1v) is 15.9. The molecular formula is C37H66O. The third-order valence-electron chi connectivity index (χ3n) is 7.85. The Labute approximate surface area is 240 Å². The number of allylic oxidation sites excluding steroid dienone is 9. The summed E-state index contributed by atoms with van der Waals surface area (Å²) < 4.78 is 5.48. The quantitative estimate of drug-likeness (QED) is 0.127. The molecule has 0 spiro atoms. The van der Waals surface area contributed by atoms with Crippen LogP contribution in [0.3, 0.4) is 0 Å². The van der Waals surface area contributed by atoms with Crippen LogP contribution < -0.4 is 0 Å². The molecule has 0 aromatic heterocycles. The standard InChI is InChI=1S/C37H66O/c1-11-31(2)21-14-22-34(5)25-15-23-32(3)19-12-13-20-33(4)24-16-26-35(6)27-17-28-36(7)29-18-30-37(8,9)38-10/h12-13,15-18,23-24,27,29,31-36H,11,14,19-22,25-26,28,30H2,1-10H3/b13-12+,23-15+,24-16+,27-17+,29-18+/t31-,32-,33+,34+,35-,36-/m1/s1. The lowest BCUT2D eigenvalue weighted by atomic mass is 9.95. The lowest BCUT2D eigenvalue weighted by molar-refractivity contribution is 0.0254. The smallest absolute Gasteiger partial charge is 0.0657 e. The van der Waals surface area contributed by atoms with Gasteiger partial charge in [0.25, 0.3) is 0 Å². The predicted octanol–water partition coefficient (Wildman–Crippen LogP) is 11.9. The average Bonchev–Trinajstić information content (AvgIpc) is 2.86. The van der Waals surface area contributed by atoms with Gasteiger partial charge in [0, 0.05) is 7.11 Å². The lowest BCUT2D eigenvalue weighted by Gasteiger charge is -2.20. The van der Waals surface area contributed by atoms with Gasteiger partial charge < -0.3 is 4.74 Å². The maximum atomic E-state index is 5.48. The van der Waals surface area contributed by atoms with Crippen LogP contribution in [0, 0.1) is 35.5 Å². The number of hydrogen-bond donors (Lipinski definition) is 0. The minimum Gasteiger partial charge on any atom is -0.378 e. The molecule has 0 amide bonds. The number of hydrogen-bond acceptors (Lipinski definition) is 1. The molecule has 0 radical (unpaired) electrons. The first-order chi connectivity index (χ1) is 18.0. The highest BCUT2D eigenvalue weighted by Crippen LogP contribution is 2.19. The van der Waals surface area contributed by atoms with Crippen molar-refractivity contribution in [1.29, 1.82) is 0 Å². The van der Waals surface area contributed by atoms with Crippen molar-refractivity contribution in [2.24, 2.45) is 35.5 Å². The van der Waals surface area contributed by atoms with Crippen molar-refractivity contribution in [3.63, 3.8) is 0 Å². The molecular weight excluding hydrogens is 460 g/mol. The summed E-state index contributed by atoms with van der Waals surface area (Å²) in [7, 11) is 1.78. The normalized spacial score (nSPS) is 18.3. The zero-order chi connectivity index (χ0) is 28.8. The predicted molar refractivity (Wildman–Crippen MR) is 174 cm³/mol. The second-order valence-electron chi connectivity index (χ2n) is 13.0. The number of methoxy groups -OCH3 is 1. The van der Waals surface area contributed by atoms with E-state index < -0.39 is 0 Å². The highest BCUT2D eigenvalue weighted by Gasteiger charge is 2.13. The van der Waals surface area contributed by atoms with E-state index in [-0.39, 0.29) is 5.60 Å². The molecule has 38 heavy (non-hydrogen) atoms. The molecule has 0 aromatic carbocycles. The van der Waals surface area contributed by atoms with Crippen LogP contribution in [-0.4, -0.2) is 12.7 Å². The molecule has 0 saturated heterocycles. The van der Waals surface area contributed by atoms with E-state index in [1.807, 2.05) is 0 Å². The van der Waals surface area contributed by atoms with Gasteiger partial charge in [-0.1, -0.05) is 135 Å². The molecule has 1 heteroatoms. The molecule has 0 aromatic rings. The van der Waals surface area contributed by atoms with Gasteiger partial charge in [-0.3, -0.25) is 0 Å². The third-order valence-corrected chi connectivity index (χ3v) is 7.85. The Morgan fingerprint density at radius 1 is 0.553 bits per heavy atom. The van der Waals surface area contributed by atoms with Gasteiger partial charge in [0.05, 0.1) is 5.60 Å². The average molecular weight is 527 g/mol. The van der Waals surface area contributed by atoms with Crippen LogP contribution in [0.1, 0.15) is 127 Å². The lowest BCUT2D eigenvalue weighted by Crippen LogP contribution is -2.20. The van der Waals surface area contributed by atoms with Gasteiger partial charge in [-0.15, -0.1) is 0 Å². The minimum absolute atomic E-state index is 0.0690. The summed E-state index contributed by atoms with van der Waals surface area (Å²) in [6.07, 6.45) is 35.8. The molecule has 0 N–H and O–H groups in total. The Morgan fingerprint density at radius 3 is 1.39 bits per heavy atom. The molecule has 6 atom stereocenters. The Bertz CT molecular complexity index is 691. The fourth-order valence-electron chi connectivity index (χ4n) is 4.33. The Morgan fingerprint density at radius 2 is 0.947 bits per heavy atom. The topological polar surface area (TPSA) is 9.23 Å². The SMILES string of the molecule is CC[C@@H](C)CCC[C@H](C)C/C=C/[C@H](C)C/C=C/C[C@H](C)/C=C/C[C@@H](C)/C=C/C[C@@H](C)/C=C/CC(C)(C)OC. The highest BCUT2D eigenvalue weighted by molar-refractivity contribution is 4.99. The van der Waals surface area contributed by atoms with E-state index in [0.717, 1.165) is 43.9 Å². The van der Waals surface area contributed by atoms with Gasteiger partial charge in [-0.2, -0.15) is 0 Å². The molecule has 1 nitrogen and oxygen atoms in total. The van der Waals surface area contributed by atoms with Crippen LogP contribution in [0.5, 0.6) is 0 Å². The molecule has 0 unspecified atom stereocenters. The second-order valence-corrected chi connectivity index (χ2v) is 13.0. The van der Waals surface area contributed by atoms with Crippen molar-refractivity contribution < 1.29 is 4.74 Å². The number of ether oxygens (including phenoxy) is 1. The summed E-state index contributed by atoms with van der Waals surface area (Å²) in [6.45, 7) is 20.6. The summed E-state index contributed by atoms with van der Waals surface area (Å²) in [6, 6.07) is 0. The Balaban J connectivity index is 4.08. The zero-order valence-electron chi connectivity index (χ0n) is 27.2. The molecule has 0 bridgehead atoms. The van der Waals surface area contributed by atoms with Crippen LogP contribution in [0.15, 0.2) is 60.8 Å². The summed E-state index contributed by atoms with van der Waals surface area (Å²) in [5.41, 5.74) is -0.0690. The molecule has 0 fully saturated rings. The summed E-state index contributed by atoms with van der Waals surface area (Å²) in [5.74, 6) is 4.10. The molecule has 0 heterocycles. The van der Waals surface area contributed by atoms with Gasteiger partial charge in [-0.05, 0) is 87.9 Å². The van der Waals surface area contributed by atoms with E-state index in [0.29, 0.717) is 23.7 Å². The van der Waals surface area contributed by atoms with E-state index >= 15 is 0 Å². The monoisotopic (exact) mass is 527 g/mol. The molecule has 0 aliphatic heterocycles. The summed E-state index contributed by atoms with van der Waals surface area (Å²) in [4.78, 5) is 0. The fraction of sp³-hybridized carbons (Fsp3) is 0.730. The van der Waals surface area contributed by atoms with Crippen molar-refractivity contribution in [3.05, 3.63) is 60.8 Å². The van der Waals surface area contributed by atoms with Crippen LogP contribution >= 0.6 is 0 Å². The van der Waals surface area contributed by atoms with Crippen molar-refractivity contribution in [2.45, 2.75) is 132 Å². The van der Waals surface area contributed by atoms with Crippen LogP contribution in [0.4, 0.5) is 0 Å². The van der Waals surface area contributed by atoms with E-state index in [9.17, 15) is 0 Å². The van der Waals surface area contributed by atoms with Crippen LogP contribution in [0.25, 0.3) is 0 Å². The van der Waals surface area contributed by atoms with Gasteiger partial charge in [0.2, 0.25) is 0 Å². The Kier molecular flexibility index (Phi) is 21.7.